The standard InChI is InChI=1S/C15H8F4O2/c1-21-15(20)12-8-2-6(16)4-10(18)13(8)14-9(12)3-7(17)5-11(14)19/h2-5,12H,1H3. The molecule has 0 unspecified atom stereocenters. The maximum Gasteiger partial charge on any atom is 0.317 e. The third-order valence-corrected chi connectivity index (χ3v) is 3.48. The summed E-state index contributed by atoms with van der Waals surface area (Å²) in [4.78, 5) is 11.9. The van der Waals surface area contributed by atoms with Crippen LogP contribution in [0.1, 0.15) is 17.0 Å². The van der Waals surface area contributed by atoms with Crippen LogP contribution in [0.5, 0.6) is 0 Å². The Morgan fingerprint density at radius 2 is 1.33 bits per heavy atom. The molecule has 0 radical (unpaired) electrons. The normalized spacial score (nSPS) is 13.0. The van der Waals surface area contributed by atoms with Gasteiger partial charge in [-0.2, -0.15) is 0 Å². The molecule has 0 saturated heterocycles. The highest BCUT2D eigenvalue weighted by molar-refractivity contribution is 5.94. The van der Waals surface area contributed by atoms with Crippen LogP contribution < -0.4 is 0 Å². The zero-order chi connectivity index (χ0) is 15.3. The molecule has 0 bridgehead atoms. The Bertz CT molecular complexity index is 713. The number of carbonyl (C=O) groups excluding carboxylic acids is 1. The molecule has 1 aliphatic carbocycles. The van der Waals surface area contributed by atoms with E-state index in [0.717, 1.165) is 19.2 Å². The van der Waals surface area contributed by atoms with E-state index >= 15 is 0 Å². The van der Waals surface area contributed by atoms with Crippen molar-refractivity contribution < 1.29 is 27.1 Å². The number of benzene rings is 2. The number of fused-ring (bicyclic) bond motifs is 3. The summed E-state index contributed by atoms with van der Waals surface area (Å²) < 4.78 is 59.4. The largest absolute Gasteiger partial charge is 0.468 e. The fraction of sp³-hybridized carbons (Fsp3) is 0.133. The topological polar surface area (TPSA) is 26.3 Å². The number of carbonyl (C=O) groups is 1. The number of rotatable bonds is 1. The fourth-order valence-electron chi connectivity index (χ4n) is 2.71. The van der Waals surface area contributed by atoms with E-state index in [1.807, 2.05) is 0 Å². The van der Waals surface area contributed by atoms with Crippen LogP contribution in [0.25, 0.3) is 11.1 Å². The van der Waals surface area contributed by atoms with Crippen molar-refractivity contribution in [1.82, 2.24) is 0 Å². The second-order valence-corrected chi connectivity index (χ2v) is 4.66. The maximum absolute atomic E-state index is 14.0. The van der Waals surface area contributed by atoms with Crippen LogP contribution in [-0.2, 0) is 9.53 Å². The quantitative estimate of drug-likeness (QED) is 0.594. The summed E-state index contributed by atoms with van der Waals surface area (Å²) in [7, 11) is 1.09. The lowest BCUT2D eigenvalue weighted by atomic mass is 9.97. The van der Waals surface area contributed by atoms with Crippen LogP contribution in [0, 0.1) is 23.3 Å². The van der Waals surface area contributed by atoms with Crippen LogP contribution >= 0.6 is 0 Å². The molecule has 0 atom stereocenters. The molecule has 2 aromatic carbocycles. The molecule has 2 aromatic rings. The molecular formula is C15H8F4O2. The van der Waals surface area contributed by atoms with Crippen molar-refractivity contribution in [2.45, 2.75) is 5.92 Å². The summed E-state index contributed by atoms with van der Waals surface area (Å²) in [5, 5.41) is 0. The zero-order valence-corrected chi connectivity index (χ0v) is 10.7. The monoisotopic (exact) mass is 296 g/mol. The molecule has 21 heavy (non-hydrogen) atoms. The Morgan fingerprint density at radius 3 is 1.71 bits per heavy atom. The number of hydrogen-bond donors (Lipinski definition) is 0. The van der Waals surface area contributed by atoms with Crippen LogP contribution in [0.2, 0.25) is 0 Å². The van der Waals surface area contributed by atoms with Gasteiger partial charge in [0.1, 0.15) is 29.2 Å². The van der Waals surface area contributed by atoms with Crippen molar-refractivity contribution in [3.8, 4) is 11.1 Å². The maximum atomic E-state index is 14.0. The van der Waals surface area contributed by atoms with Gasteiger partial charge in [0.25, 0.3) is 0 Å². The molecule has 108 valence electrons. The van der Waals surface area contributed by atoms with E-state index < -0.39 is 35.2 Å². The van der Waals surface area contributed by atoms with Gasteiger partial charge >= 0.3 is 5.97 Å². The third kappa shape index (κ3) is 1.90. The first-order chi connectivity index (χ1) is 9.93. The first-order valence-corrected chi connectivity index (χ1v) is 6.00. The van der Waals surface area contributed by atoms with Gasteiger partial charge in [0, 0.05) is 23.3 Å². The van der Waals surface area contributed by atoms with Crippen molar-refractivity contribution in [1.29, 1.82) is 0 Å². The Morgan fingerprint density at radius 1 is 0.905 bits per heavy atom. The second-order valence-electron chi connectivity index (χ2n) is 4.66. The summed E-state index contributed by atoms with van der Waals surface area (Å²) in [6.07, 6.45) is 0. The molecule has 0 heterocycles. The predicted octanol–water partition coefficient (Wildman–Crippen LogP) is 3.53. The van der Waals surface area contributed by atoms with Crippen molar-refractivity contribution in [3.63, 3.8) is 0 Å². The summed E-state index contributed by atoms with van der Waals surface area (Å²) >= 11 is 0. The van der Waals surface area contributed by atoms with E-state index in [4.69, 9.17) is 0 Å². The lowest BCUT2D eigenvalue weighted by molar-refractivity contribution is -0.141. The van der Waals surface area contributed by atoms with E-state index in [-0.39, 0.29) is 22.3 Å². The van der Waals surface area contributed by atoms with Crippen LogP contribution in [0.3, 0.4) is 0 Å². The summed E-state index contributed by atoms with van der Waals surface area (Å²) in [5.74, 6) is -5.94. The van der Waals surface area contributed by atoms with E-state index in [1.54, 1.807) is 0 Å². The Balaban J connectivity index is 2.40. The summed E-state index contributed by atoms with van der Waals surface area (Å²) in [6, 6.07) is 3.03. The average molecular weight is 296 g/mol. The first kappa shape index (κ1) is 13.6. The first-order valence-electron chi connectivity index (χ1n) is 6.00. The summed E-state index contributed by atoms with van der Waals surface area (Å²) in [6.45, 7) is 0. The van der Waals surface area contributed by atoms with Gasteiger partial charge in [-0.15, -0.1) is 0 Å². The van der Waals surface area contributed by atoms with Gasteiger partial charge in [0.2, 0.25) is 0 Å². The van der Waals surface area contributed by atoms with Crippen molar-refractivity contribution in [3.05, 3.63) is 58.7 Å². The minimum Gasteiger partial charge on any atom is -0.468 e. The Kier molecular flexibility index (Phi) is 2.97. The molecule has 6 heteroatoms. The molecule has 2 nitrogen and oxygen atoms in total. The van der Waals surface area contributed by atoms with Gasteiger partial charge in [-0.3, -0.25) is 4.79 Å². The van der Waals surface area contributed by atoms with Crippen molar-refractivity contribution in [2.75, 3.05) is 7.11 Å². The lowest BCUT2D eigenvalue weighted by Crippen LogP contribution is -2.13. The van der Waals surface area contributed by atoms with Crippen molar-refractivity contribution >= 4 is 5.97 Å². The average Bonchev–Trinajstić information content (AvgIpc) is 2.72. The smallest absolute Gasteiger partial charge is 0.317 e. The van der Waals surface area contributed by atoms with Gasteiger partial charge in [-0.05, 0) is 23.3 Å². The Hall–Kier alpha value is -2.37. The van der Waals surface area contributed by atoms with Gasteiger partial charge in [-0.1, -0.05) is 0 Å². The van der Waals surface area contributed by atoms with Crippen LogP contribution in [-0.4, -0.2) is 13.1 Å². The minimum absolute atomic E-state index is 0.0705. The number of esters is 1. The molecule has 0 spiro atoms. The number of halogens is 4. The van der Waals surface area contributed by atoms with E-state index in [0.29, 0.717) is 12.1 Å². The third-order valence-electron chi connectivity index (χ3n) is 3.48. The van der Waals surface area contributed by atoms with E-state index in [2.05, 4.69) is 4.74 Å². The predicted molar refractivity (Wildman–Crippen MR) is 65.6 cm³/mol. The highest BCUT2D eigenvalue weighted by atomic mass is 19.1. The molecule has 0 amide bonds. The molecule has 0 fully saturated rings. The second kappa shape index (κ2) is 4.58. The summed E-state index contributed by atoms with van der Waals surface area (Å²) in [5.41, 5.74) is -0.615. The number of hydrogen-bond acceptors (Lipinski definition) is 2. The van der Waals surface area contributed by atoms with Gasteiger partial charge < -0.3 is 4.74 Å². The van der Waals surface area contributed by atoms with Gasteiger partial charge in [0.15, 0.2) is 0 Å². The zero-order valence-electron chi connectivity index (χ0n) is 10.7. The fourth-order valence-corrected chi connectivity index (χ4v) is 2.71. The number of methoxy groups -OCH3 is 1. The molecule has 0 N–H and O–H groups in total. The lowest BCUT2D eigenvalue weighted by Gasteiger charge is -2.11. The molecule has 0 aromatic heterocycles. The van der Waals surface area contributed by atoms with Gasteiger partial charge in [-0.25, -0.2) is 17.6 Å². The molecule has 0 saturated carbocycles. The van der Waals surface area contributed by atoms with Crippen LogP contribution in [0.4, 0.5) is 17.6 Å². The molecule has 3 rings (SSSR count). The number of ether oxygens (including phenoxy) is 1. The molecular weight excluding hydrogens is 288 g/mol. The van der Waals surface area contributed by atoms with Crippen molar-refractivity contribution in [2.24, 2.45) is 0 Å². The highest BCUT2D eigenvalue weighted by Gasteiger charge is 2.39. The highest BCUT2D eigenvalue weighted by Crippen LogP contribution is 2.48. The van der Waals surface area contributed by atoms with Crippen LogP contribution in [0.15, 0.2) is 24.3 Å². The SMILES string of the molecule is COC(=O)C1c2cc(F)cc(F)c2-c2c(F)cc(F)cc21. The van der Waals surface area contributed by atoms with E-state index in [9.17, 15) is 22.4 Å². The minimum atomic E-state index is -1.25. The van der Waals surface area contributed by atoms with E-state index in [1.165, 1.54) is 0 Å². The Labute approximate surface area is 117 Å². The molecule has 0 aliphatic heterocycles. The molecule has 1 aliphatic rings. The van der Waals surface area contributed by atoms with Gasteiger partial charge in [0.05, 0.1) is 7.11 Å².